The third-order valence-electron chi connectivity index (χ3n) is 3.54. The fraction of sp³-hybridized carbons (Fsp3) is 0.0526. The van der Waals surface area contributed by atoms with E-state index in [-0.39, 0.29) is 5.76 Å². The molecule has 4 nitrogen and oxygen atoms in total. The van der Waals surface area contributed by atoms with E-state index in [0.717, 1.165) is 11.1 Å². The summed E-state index contributed by atoms with van der Waals surface area (Å²) in [6.07, 6.45) is 0.649. The average Bonchev–Trinajstić information content (AvgIpc) is 3.10. The van der Waals surface area contributed by atoms with Crippen LogP contribution in [0.15, 0.2) is 65.1 Å². The van der Waals surface area contributed by atoms with Gasteiger partial charge >= 0.3 is 5.97 Å². The first kappa shape index (κ1) is 14.8. The highest BCUT2D eigenvalue weighted by atomic mass is 16.5. The van der Waals surface area contributed by atoms with E-state index in [1.807, 2.05) is 36.4 Å². The van der Waals surface area contributed by atoms with E-state index in [2.05, 4.69) is 0 Å². The molecule has 0 aliphatic carbocycles. The molecule has 114 valence electrons. The second-order valence-corrected chi connectivity index (χ2v) is 4.91. The summed E-state index contributed by atoms with van der Waals surface area (Å²) in [5.74, 6) is 0.340. The monoisotopic (exact) mass is 306 g/mol. The average molecular weight is 306 g/mol. The van der Waals surface area contributed by atoms with Crippen LogP contribution in [0.5, 0.6) is 0 Å². The van der Waals surface area contributed by atoms with Crippen molar-refractivity contribution in [3.63, 3.8) is 0 Å². The minimum Gasteiger partial charge on any atom is -0.465 e. The highest BCUT2D eigenvalue weighted by Gasteiger charge is 2.19. The Morgan fingerprint density at radius 1 is 1.00 bits per heavy atom. The molecule has 0 saturated heterocycles. The molecule has 0 atom stereocenters. The minimum absolute atomic E-state index is 0.238. The van der Waals surface area contributed by atoms with Crippen molar-refractivity contribution in [3.05, 3.63) is 72.0 Å². The van der Waals surface area contributed by atoms with Gasteiger partial charge in [-0.2, -0.15) is 0 Å². The fourth-order valence-electron chi connectivity index (χ4n) is 2.51. The van der Waals surface area contributed by atoms with Crippen LogP contribution >= 0.6 is 0 Å². The van der Waals surface area contributed by atoms with Crippen LogP contribution in [-0.4, -0.2) is 19.4 Å². The summed E-state index contributed by atoms with van der Waals surface area (Å²) in [6.45, 7) is 0. The molecule has 0 saturated carbocycles. The molecule has 4 heteroatoms. The van der Waals surface area contributed by atoms with Gasteiger partial charge < -0.3 is 9.15 Å². The lowest BCUT2D eigenvalue weighted by atomic mass is 9.93. The summed E-state index contributed by atoms with van der Waals surface area (Å²) in [5.41, 5.74) is 2.76. The van der Waals surface area contributed by atoms with Crippen LogP contribution in [0.25, 0.3) is 22.5 Å². The lowest BCUT2D eigenvalue weighted by Gasteiger charge is -2.12. The van der Waals surface area contributed by atoms with Crippen molar-refractivity contribution in [2.24, 2.45) is 0 Å². The largest absolute Gasteiger partial charge is 0.465 e. The predicted molar refractivity (Wildman–Crippen MR) is 86.3 cm³/mol. The topological polar surface area (TPSA) is 56.5 Å². The van der Waals surface area contributed by atoms with Gasteiger partial charge in [-0.1, -0.05) is 42.5 Å². The first-order valence-electron chi connectivity index (χ1n) is 7.06. The third kappa shape index (κ3) is 2.79. The molecule has 1 aromatic heterocycles. The molecule has 0 unspecified atom stereocenters. The number of carbonyl (C=O) groups is 2. The Morgan fingerprint density at radius 2 is 1.78 bits per heavy atom. The van der Waals surface area contributed by atoms with E-state index in [1.165, 1.54) is 7.11 Å². The maximum atomic E-state index is 12.1. The Balaban J connectivity index is 2.27. The number of furan rings is 1. The quantitative estimate of drug-likeness (QED) is 0.535. The molecule has 0 bridgehead atoms. The lowest BCUT2D eigenvalue weighted by Crippen LogP contribution is -2.04. The van der Waals surface area contributed by atoms with E-state index in [1.54, 1.807) is 24.3 Å². The van der Waals surface area contributed by atoms with Gasteiger partial charge in [-0.05, 0) is 23.8 Å². The number of benzene rings is 2. The molecule has 0 fully saturated rings. The van der Waals surface area contributed by atoms with Crippen LogP contribution in [0.1, 0.15) is 20.9 Å². The number of carbonyl (C=O) groups excluding carboxylic acids is 2. The Labute approximate surface area is 133 Å². The standard InChI is InChI=1S/C19H14O4/c1-22-19(21)16-9-5-8-15(17-11-10-14(12-20)23-17)18(16)13-6-3-2-4-7-13/h2-12H,1H3. The number of ether oxygens (including phenoxy) is 1. The fourth-order valence-corrected chi connectivity index (χ4v) is 2.51. The van der Waals surface area contributed by atoms with Gasteiger partial charge in [0.2, 0.25) is 0 Å². The summed E-state index contributed by atoms with van der Waals surface area (Å²) in [4.78, 5) is 23.0. The summed E-state index contributed by atoms with van der Waals surface area (Å²) in [5, 5.41) is 0. The lowest BCUT2D eigenvalue weighted by molar-refractivity contribution is 0.0601. The highest BCUT2D eigenvalue weighted by molar-refractivity contribution is 6.01. The Morgan fingerprint density at radius 3 is 2.43 bits per heavy atom. The van der Waals surface area contributed by atoms with Gasteiger partial charge in [-0.25, -0.2) is 4.79 Å². The van der Waals surface area contributed by atoms with Gasteiger partial charge in [0.15, 0.2) is 12.0 Å². The number of methoxy groups -OCH3 is 1. The second-order valence-electron chi connectivity index (χ2n) is 4.91. The SMILES string of the molecule is COC(=O)c1cccc(-c2ccc(C=O)o2)c1-c1ccccc1. The zero-order chi connectivity index (χ0) is 16.2. The zero-order valence-electron chi connectivity index (χ0n) is 12.5. The van der Waals surface area contributed by atoms with E-state index < -0.39 is 5.97 Å². The first-order valence-corrected chi connectivity index (χ1v) is 7.06. The molecule has 23 heavy (non-hydrogen) atoms. The number of esters is 1. The Bertz CT molecular complexity index is 847. The van der Waals surface area contributed by atoms with Crippen molar-refractivity contribution in [1.29, 1.82) is 0 Å². The van der Waals surface area contributed by atoms with Crippen molar-refractivity contribution in [2.45, 2.75) is 0 Å². The third-order valence-corrected chi connectivity index (χ3v) is 3.54. The molecule has 0 radical (unpaired) electrons. The van der Waals surface area contributed by atoms with E-state index >= 15 is 0 Å². The molecule has 0 spiro atoms. The van der Waals surface area contributed by atoms with Gasteiger partial charge in [-0.3, -0.25) is 4.79 Å². The van der Waals surface area contributed by atoms with Crippen molar-refractivity contribution in [3.8, 4) is 22.5 Å². The Kier molecular flexibility index (Phi) is 4.06. The van der Waals surface area contributed by atoms with Gasteiger partial charge in [-0.15, -0.1) is 0 Å². The summed E-state index contributed by atoms with van der Waals surface area (Å²) >= 11 is 0. The van der Waals surface area contributed by atoms with Gasteiger partial charge in [0.25, 0.3) is 0 Å². The Hall–Kier alpha value is -3.14. The van der Waals surface area contributed by atoms with Crippen LogP contribution in [0.2, 0.25) is 0 Å². The van der Waals surface area contributed by atoms with Crippen molar-refractivity contribution in [2.75, 3.05) is 7.11 Å². The molecule has 3 aromatic rings. The molecule has 3 rings (SSSR count). The van der Waals surface area contributed by atoms with E-state index in [4.69, 9.17) is 9.15 Å². The minimum atomic E-state index is -0.423. The molecule has 0 aliphatic heterocycles. The molecule has 0 N–H and O–H groups in total. The first-order chi connectivity index (χ1) is 11.2. The smallest absolute Gasteiger partial charge is 0.338 e. The number of hydrogen-bond donors (Lipinski definition) is 0. The number of aldehydes is 1. The number of rotatable bonds is 4. The maximum Gasteiger partial charge on any atom is 0.338 e. The van der Waals surface area contributed by atoms with Gasteiger partial charge in [0.1, 0.15) is 5.76 Å². The van der Waals surface area contributed by atoms with Crippen molar-refractivity contribution < 1.29 is 18.7 Å². The van der Waals surface area contributed by atoms with Crippen LogP contribution in [-0.2, 0) is 4.74 Å². The maximum absolute atomic E-state index is 12.1. The summed E-state index contributed by atoms with van der Waals surface area (Å²) < 4.78 is 10.4. The van der Waals surface area contributed by atoms with Crippen LogP contribution in [0.3, 0.4) is 0 Å². The molecular weight excluding hydrogens is 292 g/mol. The van der Waals surface area contributed by atoms with Crippen molar-refractivity contribution in [1.82, 2.24) is 0 Å². The van der Waals surface area contributed by atoms with Gasteiger partial charge in [0.05, 0.1) is 12.7 Å². The molecular formula is C19H14O4. The predicted octanol–water partition coefficient (Wildman–Crippen LogP) is 4.21. The molecule has 1 heterocycles. The van der Waals surface area contributed by atoms with E-state index in [0.29, 0.717) is 23.2 Å². The molecule has 0 aliphatic rings. The van der Waals surface area contributed by atoms with Crippen LogP contribution in [0, 0.1) is 0 Å². The van der Waals surface area contributed by atoms with Gasteiger partial charge in [0, 0.05) is 11.1 Å². The highest BCUT2D eigenvalue weighted by Crippen LogP contribution is 2.36. The van der Waals surface area contributed by atoms with Crippen LogP contribution < -0.4 is 0 Å². The van der Waals surface area contributed by atoms with Crippen LogP contribution in [0.4, 0.5) is 0 Å². The number of hydrogen-bond acceptors (Lipinski definition) is 4. The normalized spacial score (nSPS) is 10.3. The van der Waals surface area contributed by atoms with Crippen molar-refractivity contribution >= 4 is 12.3 Å². The molecule has 2 aromatic carbocycles. The second kappa shape index (κ2) is 6.32. The zero-order valence-corrected chi connectivity index (χ0v) is 12.5. The summed E-state index contributed by atoms with van der Waals surface area (Å²) in [7, 11) is 1.35. The van der Waals surface area contributed by atoms with E-state index in [9.17, 15) is 9.59 Å². The molecule has 0 amide bonds. The summed E-state index contributed by atoms with van der Waals surface area (Å²) in [6, 6.07) is 18.2.